The molecule has 0 bridgehead atoms. The number of piperidine rings is 1. The summed E-state index contributed by atoms with van der Waals surface area (Å²) in [6, 6.07) is 0.340. The lowest BCUT2D eigenvalue weighted by Crippen LogP contribution is -2.54. The molecule has 0 unspecified atom stereocenters. The molecule has 5 nitrogen and oxygen atoms in total. The van der Waals surface area contributed by atoms with Crippen LogP contribution in [0.1, 0.15) is 46.0 Å². The summed E-state index contributed by atoms with van der Waals surface area (Å²) in [7, 11) is 0. The van der Waals surface area contributed by atoms with Gasteiger partial charge in [-0.05, 0) is 51.9 Å². The molecule has 108 valence electrons. The average Bonchev–Trinajstić information content (AvgIpc) is 3.11. The summed E-state index contributed by atoms with van der Waals surface area (Å²) in [6.45, 7) is 4.54. The van der Waals surface area contributed by atoms with Crippen molar-refractivity contribution in [2.75, 3.05) is 13.1 Å². The van der Waals surface area contributed by atoms with E-state index in [4.69, 9.17) is 5.11 Å². The number of carboxylic acids is 1. The number of amides is 2. The highest BCUT2D eigenvalue weighted by Gasteiger charge is 2.35. The van der Waals surface area contributed by atoms with E-state index >= 15 is 0 Å². The van der Waals surface area contributed by atoms with Gasteiger partial charge in [-0.2, -0.15) is 0 Å². The molecule has 1 heterocycles. The Morgan fingerprint density at radius 2 is 1.74 bits per heavy atom. The van der Waals surface area contributed by atoms with Gasteiger partial charge < -0.3 is 14.9 Å². The summed E-state index contributed by atoms with van der Waals surface area (Å²) in [5.41, 5.74) is 0. The predicted octanol–water partition coefficient (Wildman–Crippen LogP) is 2.17. The van der Waals surface area contributed by atoms with Gasteiger partial charge in [-0.1, -0.05) is 0 Å². The molecule has 1 N–H and O–H groups in total. The zero-order valence-corrected chi connectivity index (χ0v) is 11.8. The molecule has 5 heteroatoms. The molecule has 0 radical (unpaired) electrons. The first-order valence-corrected chi connectivity index (χ1v) is 7.28. The van der Waals surface area contributed by atoms with Crippen molar-refractivity contribution in [2.24, 2.45) is 5.92 Å². The highest BCUT2D eigenvalue weighted by atomic mass is 16.4. The summed E-state index contributed by atoms with van der Waals surface area (Å²) in [5.74, 6) is -0.412. The molecule has 2 aliphatic rings. The second kappa shape index (κ2) is 5.80. The molecule has 2 amide bonds. The summed E-state index contributed by atoms with van der Waals surface area (Å²) in [4.78, 5) is 27.0. The maximum atomic E-state index is 12.6. The second-order valence-electron chi connectivity index (χ2n) is 6.04. The fourth-order valence-electron chi connectivity index (χ4n) is 2.95. The van der Waals surface area contributed by atoms with Crippen molar-refractivity contribution < 1.29 is 14.7 Å². The van der Waals surface area contributed by atoms with Crippen LogP contribution in [0.25, 0.3) is 0 Å². The SMILES string of the molecule is C[C@@H]1CCC[C@H](C)N1C(=O)N(CC(=O)O)CC1CC1. The van der Waals surface area contributed by atoms with E-state index in [0.29, 0.717) is 12.5 Å². The normalized spacial score (nSPS) is 27.2. The number of urea groups is 1. The molecule has 1 saturated heterocycles. The van der Waals surface area contributed by atoms with Crippen LogP contribution in [-0.2, 0) is 4.79 Å². The molecule has 0 spiro atoms. The van der Waals surface area contributed by atoms with Gasteiger partial charge >= 0.3 is 12.0 Å². The van der Waals surface area contributed by atoms with Crippen molar-refractivity contribution in [1.29, 1.82) is 0 Å². The minimum Gasteiger partial charge on any atom is -0.480 e. The first-order chi connectivity index (χ1) is 8.99. The molecule has 0 aromatic heterocycles. The van der Waals surface area contributed by atoms with Crippen LogP contribution in [0.3, 0.4) is 0 Å². The van der Waals surface area contributed by atoms with Crippen LogP contribution >= 0.6 is 0 Å². The van der Waals surface area contributed by atoms with Crippen LogP contribution in [0.5, 0.6) is 0 Å². The summed E-state index contributed by atoms with van der Waals surface area (Å²) in [6.07, 6.45) is 5.41. The van der Waals surface area contributed by atoms with E-state index in [1.807, 2.05) is 4.90 Å². The number of likely N-dealkylation sites (tertiary alicyclic amines) is 1. The van der Waals surface area contributed by atoms with Crippen LogP contribution in [-0.4, -0.2) is 52.1 Å². The van der Waals surface area contributed by atoms with E-state index in [9.17, 15) is 9.59 Å². The number of rotatable bonds is 4. The summed E-state index contributed by atoms with van der Waals surface area (Å²) < 4.78 is 0. The molecule has 2 atom stereocenters. The third kappa shape index (κ3) is 3.61. The molecule has 0 aromatic rings. The predicted molar refractivity (Wildman–Crippen MR) is 71.9 cm³/mol. The fourth-order valence-corrected chi connectivity index (χ4v) is 2.95. The quantitative estimate of drug-likeness (QED) is 0.850. The van der Waals surface area contributed by atoms with Gasteiger partial charge in [-0.3, -0.25) is 4.79 Å². The number of carbonyl (C=O) groups excluding carboxylic acids is 1. The van der Waals surface area contributed by atoms with Gasteiger partial charge in [0.05, 0.1) is 0 Å². The van der Waals surface area contributed by atoms with Crippen LogP contribution < -0.4 is 0 Å². The van der Waals surface area contributed by atoms with E-state index in [0.717, 1.165) is 32.1 Å². The lowest BCUT2D eigenvalue weighted by atomic mass is 9.98. The summed E-state index contributed by atoms with van der Waals surface area (Å²) in [5, 5.41) is 8.98. The zero-order chi connectivity index (χ0) is 14.0. The van der Waals surface area contributed by atoms with Crippen LogP contribution in [0.4, 0.5) is 4.79 Å². The minimum absolute atomic E-state index is 0.0889. The van der Waals surface area contributed by atoms with E-state index in [1.54, 1.807) is 0 Å². The van der Waals surface area contributed by atoms with Crippen molar-refractivity contribution in [2.45, 2.75) is 58.0 Å². The largest absolute Gasteiger partial charge is 0.480 e. The molecular formula is C14H24N2O3. The minimum atomic E-state index is -0.925. The fraction of sp³-hybridized carbons (Fsp3) is 0.857. The molecule has 2 rings (SSSR count). The number of carboxylic acid groups (broad SMARTS) is 1. The van der Waals surface area contributed by atoms with Crippen molar-refractivity contribution in [3.05, 3.63) is 0 Å². The van der Waals surface area contributed by atoms with Gasteiger partial charge in [0.15, 0.2) is 0 Å². The van der Waals surface area contributed by atoms with E-state index in [-0.39, 0.29) is 24.7 Å². The van der Waals surface area contributed by atoms with Crippen LogP contribution in [0.2, 0.25) is 0 Å². The Morgan fingerprint density at radius 3 is 2.21 bits per heavy atom. The Kier molecular flexibility index (Phi) is 4.32. The first-order valence-electron chi connectivity index (χ1n) is 7.28. The number of hydrogen-bond donors (Lipinski definition) is 1. The van der Waals surface area contributed by atoms with Gasteiger partial charge in [-0.25, -0.2) is 4.79 Å². The first kappa shape index (κ1) is 14.2. The number of carbonyl (C=O) groups is 2. The van der Waals surface area contributed by atoms with Crippen molar-refractivity contribution >= 4 is 12.0 Å². The Balaban J connectivity index is 2.05. The Morgan fingerprint density at radius 1 is 1.16 bits per heavy atom. The van der Waals surface area contributed by atoms with Crippen LogP contribution in [0.15, 0.2) is 0 Å². The van der Waals surface area contributed by atoms with Crippen molar-refractivity contribution in [1.82, 2.24) is 9.80 Å². The third-order valence-corrected chi connectivity index (χ3v) is 4.19. The Bertz CT molecular complexity index is 345. The van der Waals surface area contributed by atoms with E-state index in [1.165, 1.54) is 4.90 Å². The van der Waals surface area contributed by atoms with Crippen molar-refractivity contribution in [3.8, 4) is 0 Å². The van der Waals surface area contributed by atoms with Crippen LogP contribution in [0, 0.1) is 5.92 Å². The van der Waals surface area contributed by atoms with E-state index < -0.39 is 5.97 Å². The lowest BCUT2D eigenvalue weighted by molar-refractivity contribution is -0.137. The van der Waals surface area contributed by atoms with Gasteiger partial charge in [0, 0.05) is 18.6 Å². The lowest BCUT2D eigenvalue weighted by Gasteiger charge is -2.41. The second-order valence-corrected chi connectivity index (χ2v) is 6.04. The van der Waals surface area contributed by atoms with Gasteiger partial charge in [0.1, 0.15) is 6.54 Å². The smallest absolute Gasteiger partial charge is 0.323 e. The molecule has 1 aliphatic carbocycles. The molecule has 2 fully saturated rings. The van der Waals surface area contributed by atoms with Crippen molar-refractivity contribution in [3.63, 3.8) is 0 Å². The third-order valence-electron chi connectivity index (χ3n) is 4.19. The summed E-state index contributed by atoms with van der Waals surface area (Å²) >= 11 is 0. The maximum Gasteiger partial charge on any atom is 0.323 e. The molecular weight excluding hydrogens is 244 g/mol. The topological polar surface area (TPSA) is 60.9 Å². The number of hydrogen-bond acceptors (Lipinski definition) is 2. The highest BCUT2D eigenvalue weighted by molar-refractivity contribution is 5.80. The highest BCUT2D eigenvalue weighted by Crippen LogP contribution is 2.31. The molecule has 19 heavy (non-hydrogen) atoms. The molecule has 0 aromatic carbocycles. The Labute approximate surface area is 114 Å². The van der Waals surface area contributed by atoms with Gasteiger partial charge in [-0.15, -0.1) is 0 Å². The van der Waals surface area contributed by atoms with Gasteiger partial charge in [0.2, 0.25) is 0 Å². The maximum absolute atomic E-state index is 12.6. The molecule has 1 saturated carbocycles. The number of nitrogens with zero attached hydrogens (tertiary/aromatic N) is 2. The monoisotopic (exact) mass is 268 g/mol. The van der Waals surface area contributed by atoms with E-state index in [2.05, 4.69) is 13.8 Å². The van der Waals surface area contributed by atoms with Gasteiger partial charge in [0.25, 0.3) is 0 Å². The Hall–Kier alpha value is -1.26. The average molecular weight is 268 g/mol. The zero-order valence-electron chi connectivity index (χ0n) is 11.8. The molecule has 1 aliphatic heterocycles. The standard InChI is InChI=1S/C14H24N2O3/c1-10-4-3-5-11(2)16(10)14(19)15(9-13(17)18)8-12-6-7-12/h10-12H,3-9H2,1-2H3,(H,17,18)/t10-,11+. The number of aliphatic carboxylic acids is 1.